The first-order chi connectivity index (χ1) is 9.60. The second kappa shape index (κ2) is 6.24. The lowest BCUT2D eigenvalue weighted by Crippen LogP contribution is -2.03. The third kappa shape index (κ3) is 3.38. The minimum atomic E-state index is 0.836. The lowest BCUT2D eigenvalue weighted by molar-refractivity contribution is 0.414. The lowest BCUT2D eigenvalue weighted by atomic mass is 10.1. The van der Waals surface area contributed by atoms with Crippen LogP contribution < -0.4 is 10.2 Å². The maximum Gasteiger partial charge on any atom is 0.127 e. The Bertz CT molecular complexity index is 615. The molecule has 2 aromatic rings. The van der Waals surface area contributed by atoms with Crippen LogP contribution in [-0.4, -0.2) is 12.8 Å². The highest BCUT2D eigenvalue weighted by molar-refractivity contribution is 6.01. The lowest BCUT2D eigenvalue weighted by Gasteiger charge is -2.09. The van der Waals surface area contributed by atoms with Gasteiger partial charge in [-0.05, 0) is 45.0 Å². The zero-order valence-electron chi connectivity index (χ0n) is 12.4. The van der Waals surface area contributed by atoms with E-state index in [1.165, 1.54) is 11.1 Å². The zero-order valence-corrected chi connectivity index (χ0v) is 12.4. The number of hydrazone groups is 1. The second-order valence-corrected chi connectivity index (χ2v) is 4.88. The maximum atomic E-state index is 5.38. The zero-order chi connectivity index (χ0) is 14.5. The molecule has 0 bridgehead atoms. The van der Waals surface area contributed by atoms with Crippen LogP contribution in [0.1, 0.15) is 23.6 Å². The molecule has 3 heteroatoms. The number of hydrogen-bond donors (Lipinski definition) is 1. The Hall–Kier alpha value is -2.29. The number of nitrogens with zero attached hydrogens (tertiary/aromatic N) is 1. The molecule has 0 aromatic heterocycles. The van der Waals surface area contributed by atoms with E-state index in [1.807, 2.05) is 31.2 Å². The van der Waals surface area contributed by atoms with Gasteiger partial charge in [-0.25, -0.2) is 0 Å². The van der Waals surface area contributed by atoms with Crippen LogP contribution in [0.2, 0.25) is 0 Å². The summed E-state index contributed by atoms with van der Waals surface area (Å²) in [6.45, 7) is 6.10. The number of hydrogen-bond acceptors (Lipinski definition) is 3. The maximum absolute atomic E-state index is 5.38. The minimum Gasteiger partial charge on any atom is -0.496 e. The third-order valence-electron chi connectivity index (χ3n) is 3.15. The summed E-state index contributed by atoms with van der Waals surface area (Å²) in [6.07, 6.45) is 0. The molecule has 0 aliphatic rings. The molecule has 2 aromatic carbocycles. The van der Waals surface area contributed by atoms with Crippen LogP contribution in [-0.2, 0) is 0 Å². The average molecular weight is 268 g/mol. The van der Waals surface area contributed by atoms with Gasteiger partial charge < -0.3 is 4.74 Å². The first-order valence-corrected chi connectivity index (χ1v) is 6.62. The van der Waals surface area contributed by atoms with Gasteiger partial charge in [0.25, 0.3) is 0 Å². The monoisotopic (exact) mass is 268 g/mol. The topological polar surface area (TPSA) is 33.6 Å². The van der Waals surface area contributed by atoms with Crippen molar-refractivity contribution in [2.45, 2.75) is 20.8 Å². The van der Waals surface area contributed by atoms with Crippen LogP contribution in [0.5, 0.6) is 5.75 Å². The van der Waals surface area contributed by atoms with Gasteiger partial charge in [-0.15, -0.1) is 0 Å². The SMILES string of the molecule is COc1ccc(C)cc1/C(C)=N\Nc1ccc(C)cc1. The quantitative estimate of drug-likeness (QED) is 0.667. The van der Waals surface area contributed by atoms with E-state index in [-0.39, 0.29) is 0 Å². The number of ether oxygens (including phenoxy) is 1. The van der Waals surface area contributed by atoms with Gasteiger partial charge in [0.1, 0.15) is 5.75 Å². The predicted octanol–water partition coefficient (Wildman–Crippen LogP) is 4.15. The molecule has 0 spiro atoms. The van der Waals surface area contributed by atoms with Crippen LogP contribution in [0.3, 0.4) is 0 Å². The van der Waals surface area contributed by atoms with Gasteiger partial charge in [0, 0.05) is 5.56 Å². The molecule has 0 amide bonds. The Balaban J connectivity index is 2.22. The Morgan fingerprint density at radius 3 is 2.30 bits per heavy atom. The van der Waals surface area contributed by atoms with E-state index in [0.29, 0.717) is 0 Å². The van der Waals surface area contributed by atoms with Crippen LogP contribution in [0.15, 0.2) is 47.6 Å². The summed E-state index contributed by atoms with van der Waals surface area (Å²) < 4.78 is 5.38. The number of methoxy groups -OCH3 is 1. The van der Waals surface area contributed by atoms with Crippen LogP contribution in [0, 0.1) is 13.8 Å². The molecule has 104 valence electrons. The van der Waals surface area contributed by atoms with Crippen molar-refractivity contribution in [2.24, 2.45) is 5.10 Å². The number of aryl methyl sites for hydroxylation is 2. The van der Waals surface area contributed by atoms with Gasteiger partial charge in [0.05, 0.1) is 18.5 Å². The molecule has 0 unspecified atom stereocenters. The van der Waals surface area contributed by atoms with Gasteiger partial charge in [-0.3, -0.25) is 5.43 Å². The van der Waals surface area contributed by atoms with Crippen molar-refractivity contribution in [1.82, 2.24) is 0 Å². The van der Waals surface area contributed by atoms with Gasteiger partial charge in [-0.2, -0.15) is 5.10 Å². The molecule has 0 aliphatic carbocycles. The predicted molar refractivity (Wildman–Crippen MR) is 84.7 cm³/mol. The Morgan fingerprint density at radius 1 is 1.00 bits per heavy atom. The third-order valence-corrected chi connectivity index (χ3v) is 3.15. The fourth-order valence-electron chi connectivity index (χ4n) is 1.94. The average Bonchev–Trinajstić information content (AvgIpc) is 2.46. The normalized spacial score (nSPS) is 11.3. The first-order valence-electron chi connectivity index (χ1n) is 6.62. The Kier molecular flexibility index (Phi) is 4.41. The van der Waals surface area contributed by atoms with E-state index in [4.69, 9.17) is 4.74 Å². The molecular formula is C17H20N2O. The smallest absolute Gasteiger partial charge is 0.127 e. The van der Waals surface area contributed by atoms with Gasteiger partial charge in [-0.1, -0.05) is 29.3 Å². The molecule has 0 fully saturated rings. The molecule has 0 atom stereocenters. The van der Waals surface area contributed by atoms with E-state index in [1.54, 1.807) is 7.11 Å². The molecule has 0 saturated heterocycles. The Morgan fingerprint density at radius 2 is 1.65 bits per heavy atom. The van der Waals surface area contributed by atoms with E-state index in [0.717, 1.165) is 22.7 Å². The highest BCUT2D eigenvalue weighted by Gasteiger charge is 2.06. The van der Waals surface area contributed by atoms with Crippen molar-refractivity contribution < 1.29 is 4.74 Å². The molecule has 3 nitrogen and oxygen atoms in total. The fourth-order valence-corrected chi connectivity index (χ4v) is 1.94. The highest BCUT2D eigenvalue weighted by atomic mass is 16.5. The summed E-state index contributed by atoms with van der Waals surface area (Å²) in [6, 6.07) is 14.2. The van der Waals surface area contributed by atoms with Crippen LogP contribution in [0.4, 0.5) is 5.69 Å². The van der Waals surface area contributed by atoms with Crippen molar-refractivity contribution >= 4 is 11.4 Å². The minimum absolute atomic E-state index is 0.836. The molecular weight excluding hydrogens is 248 g/mol. The Labute approximate surface area is 120 Å². The van der Waals surface area contributed by atoms with Gasteiger partial charge >= 0.3 is 0 Å². The van der Waals surface area contributed by atoms with E-state index in [9.17, 15) is 0 Å². The van der Waals surface area contributed by atoms with Crippen molar-refractivity contribution in [2.75, 3.05) is 12.5 Å². The number of benzene rings is 2. The number of rotatable bonds is 4. The van der Waals surface area contributed by atoms with E-state index < -0.39 is 0 Å². The molecule has 20 heavy (non-hydrogen) atoms. The summed E-state index contributed by atoms with van der Waals surface area (Å²) >= 11 is 0. The van der Waals surface area contributed by atoms with Gasteiger partial charge in [0.15, 0.2) is 0 Å². The molecule has 2 rings (SSSR count). The van der Waals surface area contributed by atoms with E-state index >= 15 is 0 Å². The van der Waals surface area contributed by atoms with Crippen LogP contribution in [0.25, 0.3) is 0 Å². The van der Waals surface area contributed by atoms with E-state index in [2.05, 4.69) is 42.6 Å². The van der Waals surface area contributed by atoms with Crippen LogP contribution >= 0.6 is 0 Å². The molecule has 0 radical (unpaired) electrons. The summed E-state index contributed by atoms with van der Waals surface area (Å²) in [5, 5.41) is 4.43. The second-order valence-electron chi connectivity index (χ2n) is 4.88. The molecule has 1 N–H and O–H groups in total. The molecule has 0 saturated carbocycles. The summed E-state index contributed by atoms with van der Waals surface area (Å²) in [7, 11) is 1.68. The van der Waals surface area contributed by atoms with Crippen molar-refractivity contribution in [3.63, 3.8) is 0 Å². The standard InChI is InChI=1S/C17H20N2O/c1-12-5-8-15(9-6-12)19-18-14(3)16-11-13(2)7-10-17(16)20-4/h5-11,19H,1-4H3/b18-14-. The molecule has 0 aliphatic heterocycles. The van der Waals surface area contributed by atoms with Crippen molar-refractivity contribution in [3.05, 3.63) is 59.2 Å². The molecule has 0 heterocycles. The first kappa shape index (κ1) is 14.1. The summed E-state index contributed by atoms with van der Waals surface area (Å²) in [4.78, 5) is 0. The summed E-state index contributed by atoms with van der Waals surface area (Å²) in [5.74, 6) is 0.836. The van der Waals surface area contributed by atoms with Crippen molar-refractivity contribution in [1.29, 1.82) is 0 Å². The van der Waals surface area contributed by atoms with Gasteiger partial charge in [0.2, 0.25) is 0 Å². The van der Waals surface area contributed by atoms with Crippen molar-refractivity contribution in [3.8, 4) is 5.75 Å². The fraction of sp³-hybridized carbons (Fsp3) is 0.235. The number of anilines is 1. The highest BCUT2D eigenvalue weighted by Crippen LogP contribution is 2.20. The number of nitrogens with one attached hydrogen (secondary N) is 1. The summed E-state index contributed by atoms with van der Waals surface area (Å²) in [5.41, 5.74) is 8.37. The largest absolute Gasteiger partial charge is 0.496 e.